The summed E-state index contributed by atoms with van der Waals surface area (Å²) in [6.45, 7) is 10.8. The first-order chi connectivity index (χ1) is 18.1. The Kier molecular flexibility index (Phi) is 13.2. The molecule has 1 unspecified atom stereocenters. The van der Waals surface area contributed by atoms with E-state index in [1.807, 2.05) is 63.2 Å². The predicted molar refractivity (Wildman–Crippen MR) is 154 cm³/mol. The van der Waals surface area contributed by atoms with Crippen LogP contribution in [0.1, 0.15) is 77.8 Å². The Balaban J connectivity index is 1.94. The third-order valence-corrected chi connectivity index (χ3v) is 7.10. The highest BCUT2D eigenvalue weighted by molar-refractivity contribution is 7.99. The molecule has 2 aromatic rings. The Labute approximate surface area is 232 Å². The lowest BCUT2D eigenvalue weighted by Gasteiger charge is -2.19. The zero-order valence-electron chi connectivity index (χ0n) is 23.5. The molecule has 206 valence electrons. The number of hydrogen-bond acceptors (Lipinski definition) is 6. The number of rotatable bonds is 14. The van der Waals surface area contributed by atoms with Crippen LogP contribution in [0.3, 0.4) is 0 Å². The molecule has 0 aromatic heterocycles. The SMILES string of the molecule is CCCCC(CC)COC(=O)CCSc1cc(C#N)ccc1-c1ccc(CCNC(=O)OC(C)(C)C)cc1. The van der Waals surface area contributed by atoms with E-state index >= 15 is 0 Å². The molecule has 0 saturated heterocycles. The maximum atomic E-state index is 12.3. The highest BCUT2D eigenvalue weighted by atomic mass is 32.2. The number of unbranched alkanes of at least 4 members (excludes halogenated alkanes) is 1. The Bertz CT molecular complexity index is 1070. The predicted octanol–water partition coefficient (Wildman–Crippen LogP) is 7.53. The van der Waals surface area contributed by atoms with Gasteiger partial charge in [0.2, 0.25) is 0 Å². The van der Waals surface area contributed by atoms with E-state index < -0.39 is 11.7 Å². The number of esters is 1. The summed E-state index contributed by atoms with van der Waals surface area (Å²) in [6, 6.07) is 16.0. The molecule has 0 bridgehead atoms. The van der Waals surface area contributed by atoms with E-state index in [2.05, 4.69) is 25.2 Å². The van der Waals surface area contributed by atoms with E-state index in [0.29, 0.717) is 43.2 Å². The number of nitrogens with one attached hydrogen (secondary N) is 1. The van der Waals surface area contributed by atoms with E-state index in [9.17, 15) is 14.9 Å². The van der Waals surface area contributed by atoms with Crippen LogP contribution in [-0.2, 0) is 20.7 Å². The van der Waals surface area contributed by atoms with Crippen LogP contribution in [0.5, 0.6) is 0 Å². The fraction of sp³-hybridized carbons (Fsp3) is 0.516. The van der Waals surface area contributed by atoms with Gasteiger partial charge in [-0.05, 0) is 68.4 Å². The van der Waals surface area contributed by atoms with Gasteiger partial charge in [-0.3, -0.25) is 4.79 Å². The molecule has 0 aliphatic rings. The van der Waals surface area contributed by atoms with Crippen molar-refractivity contribution in [3.63, 3.8) is 0 Å². The fourth-order valence-corrected chi connectivity index (χ4v) is 4.89. The molecular formula is C31H42N2O4S. The van der Waals surface area contributed by atoms with Gasteiger partial charge >= 0.3 is 12.1 Å². The number of thioether (sulfide) groups is 1. The number of nitrogens with zero attached hydrogens (tertiary/aromatic N) is 1. The van der Waals surface area contributed by atoms with Crippen molar-refractivity contribution in [2.75, 3.05) is 18.9 Å². The van der Waals surface area contributed by atoms with Gasteiger partial charge in [-0.2, -0.15) is 5.26 Å². The van der Waals surface area contributed by atoms with Crippen molar-refractivity contribution in [3.8, 4) is 17.2 Å². The van der Waals surface area contributed by atoms with E-state index in [-0.39, 0.29) is 5.97 Å². The average Bonchev–Trinajstić information content (AvgIpc) is 2.88. The van der Waals surface area contributed by atoms with Crippen LogP contribution in [0.25, 0.3) is 11.1 Å². The lowest BCUT2D eigenvalue weighted by atomic mass is 10.0. The highest BCUT2D eigenvalue weighted by Crippen LogP contribution is 2.33. The molecule has 2 aromatic carbocycles. The summed E-state index contributed by atoms with van der Waals surface area (Å²) in [4.78, 5) is 25.1. The topological polar surface area (TPSA) is 88.4 Å². The van der Waals surface area contributed by atoms with Gasteiger partial charge in [0.15, 0.2) is 0 Å². The van der Waals surface area contributed by atoms with Crippen LogP contribution in [0.4, 0.5) is 4.79 Å². The Morgan fingerprint density at radius 3 is 2.47 bits per heavy atom. The van der Waals surface area contributed by atoms with E-state index in [1.165, 1.54) is 0 Å². The number of benzene rings is 2. The molecule has 6 nitrogen and oxygen atoms in total. The minimum Gasteiger partial charge on any atom is -0.465 e. The molecular weight excluding hydrogens is 496 g/mol. The van der Waals surface area contributed by atoms with Gasteiger partial charge < -0.3 is 14.8 Å². The first kappa shape index (κ1) is 31.2. The van der Waals surface area contributed by atoms with Gasteiger partial charge in [-0.15, -0.1) is 11.8 Å². The van der Waals surface area contributed by atoms with Crippen LogP contribution in [0, 0.1) is 17.2 Å². The number of nitriles is 1. The highest BCUT2D eigenvalue weighted by Gasteiger charge is 2.16. The fourth-order valence-electron chi connectivity index (χ4n) is 3.85. The molecule has 0 radical (unpaired) electrons. The van der Waals surface area contributed by atoms with Gasteiger partial charge in [0.05, 0.1) is 24.7 Å². The first-order valence-electron chi connectivity index (χ1n) is 13.5. The Morgan fingerprint density at radius 2 is 1.84 bits per heavy atom. The number of carbonyl (C=O) groups excluding carboxylic acids is 2. The van der Waals surface area contributed by atoms with Crippen molar-refractivity contribution in [2.45, 2.75) is 83.6 Å². The summed E-state index contributed by atoms with van der Waals surface area (Å²) < 4.78 is 10.8. The smallest absolute Gasteiger partial charge is 0.407 e. The molecule has 2 rings (SSSR count). The average molecular weight is 539 g/mol. The second-order valence-electron chi connectivity index (χ2n) is 10.4. The lowest BCUT2D eigenvalue weighted by Crippen LogP contribution is -2.33. The number of hydrogen-bond donors (Lipinski definition) is 1. The van der Waals surface area contributed by atoms with Crippen molar-refractivity contribution in [3.05, 3.63) is 53.6 Å². The van der Waals surface area contributed by atoms with Crippen LogP contribution < -0.4 is 5.32 Å². The van der Waals surface area contributed by atoms with Crippen LogP contribution >= 0.6 is 11.8 Å². The second-order valence-corrected chi connectivity index (χ2v) is 11.5. The first-order valence-corrected chi connectivity index (χ1v) is 14.5. The van der Waals surface area contributed by atoms with Gasteiger partial charge in [-0.25, -0.2) is 4.79 Å². The van der Waals surface area contributed by atoms with E-state index in [1.54, 1.807) is 11.8 Å². The van der Waals surface area contributed by atoms with Crippen molar-refractivity contribution in [1.29, 1.82) is 5.26 Å². The normalized spacial score (nSPS) is 11.9. The molecule has 0 spiro atoms. The molecule has 0 saturated carbocycles. The molecule has 0 aliphatic heterocycles. The molecule has 7 heteroatoms. The minimum atomic E-state index is -0.519. The standard InChI is InChI=1S/C31H42N2O4S/c1-6-8-9-23(7-2)22-36-29(34)17-19-38-28-20-25(21-32)12-15-27(28)26-13-10-24(11-14-26)16-18-33-30(35)37-31(3,4)5/h10-15,20,23H,6-9,16-19,22H2,1-5H3,(H,33,35). The van der Waals surface area contributed by atoms with Gasteiger partial charge in [-0.1, -0.05) is 63.4 Å². The van der Waals surface area contributed by atoms with E-state index in [0.717, 1.165) is 47.3 Å². The van der Waals surface area contributed by atoms with Gasteiger partial charge in [0.1, 0.15) is 5.60 Å². The second kappa shape index (κ2) is 16.1. The summed E-state index contributed by atoms with van der Waals surface area (Å²) in [5, 5.41) is 12.2. The quantitative estimate of drug-likeness (QED) is 0.197. The van der Waals surface area contributed by atoms with Crippen molar-refractivity contribution in [2.24, 2.45) is 5.92 Å². The molecule has 1 atom stereocenters. The number of amides is 1. The molecule has 1 N–H and O–H groups in total. The minimum absolute atomic E-state index is 0.171. The largest absolute Gasteiger partial charge is 0.465 e. The van der Waals surface area contributed by atoms with Crippen LogP contribution in [0.2, 0.25) is 0 Å². The molecule has 0 heterocycles. The number of carbonyl (C=O) groups is 2. The zero-order chi connectivity index (χ0) is 28.0. The lowest BCUT2D eigenvalue weighted by molar-refractivity contribution is -0.144. The third kappa shape index (κ3) is 11.6. The Morgan fingerprint density at radius 1 is 1.11 bits per heavy atom. The van der Waals surface area contributed by atoms with Gasteiger partial charge in [0, 0.05) is 17.2 Å². The van der Waals surface area contributed by atoms with Crippen molar-refractivity contribution >= 4 is 23.8 Å². The summed E-state index contributed by atoms with van der Waals surface area (Å²) >= 11 is 1.57. The monoisotopic (exact) mass is 538 g/mol. The summed E-state index contributed by atoms with van der Waals surface area (Å²) in [5.41, 5.74) is 3.22. The van der Waals surface area contributed by atoms with Crippen LogP contribution in [-0.4, -0.2) is 36.6 Å². The van der Waals surface area contributed by atoms with Crippen molar-refractivity contribution in [1.82, 2.24) is 5.32 Å². The molecule has 0 aliphatic carbocycles. The molecule has 38 heavy (non-hydrogen) atoms. The molecule has 0 fully saturated rings. The summed E-state index contributed by atoms with van der Waals surface area (Å²) in [6.07, 6.45) is 5.03. The van der Waals surface area contributed by atoms with Crippen LogP contribution in [0.15, 0.2) is 47.4 Å². The molecule has 1 amide bonds. The summed E-state index contributed by atoms with van der Waals surface area (Å²) in [7, 11) is 0. The van der Waals surface area contributed by atoms with Gasteiger partial charge in [0.25, 0.3) is 0 Å². The number of alkyl carbamates (subject to hydrolysis) is 1. The maximum absolute atomic E-state index is 12.3. The van der Waals surface area contributed by atoms with Crippen molar-refractivity contribution < 1.29 is 19.1 Å². The number of ether oxygens (including phenoxy) is 2. The Hall–Kier alpha value is -2.98. The summed E-state index contributed by atoms with van der Waals surface area (Å²) in [5.74, 6) is 0.845. The maximum Gasteiger partial charge on any atom is 0.407 e. The third-order valence-electron chi connectivity index (χ3n) is 6.04. The van der Waals surface area contributed by atoms with E-state index in [4.69, 9.17) is 9.47 Å². The zero-order valence-corrected chi connectivity index (χ0v) is 24.3.